The van der Waals surface area contributed by atoms with Gasteiger partial charge in [0.2, 0.25) is 5.89 Å². The highest BCUT2D eigenvalue weighted by atomic mass is 16.4. The molecule has 0 fully saturated rings. The molecule has 2 aliphatic rings. The van der Waals surface area contributed by atoms with Crippen molar-refractivity contribution in [1.82, 2.24) is 19.9 Å². The number of rotatable bonds is 1. The molecule has 216 valence electrons. The molecule has 2 aliphatic carbocycles. The first kappa shape index (κ1) is 28.5. The van der Waals surface area contributed by atoms with Crippen LogP contribution in [0.15, 0.2) is 82.2 Å². The summed E-state index contributed by atoms with van der Waals surface area (Å²) in [4.78, 5) is 40.9. The molecule has 8 heteroatoms. The second kappa shape index (κ2) is 12.3. The van der Waals surface area contributed by atoms with E-state index in [0.717, 1.165) is 47.3 Å². The molecule has 0 saturated carbocycles. The first-order valence-electron chi connectivity index (χ1n) is 14.3. The van der Waals surface area contributed by atoms with Crippen LogP contribution in [0.2, 0.25) is 0 Å². The molecule has 5 aromatic rings. The first-order chi connectivity index (χ1) is 21.3. The molecular weight excluding hydrogens is 552 g/mol. The molecule has 7 rings (SSSR count). The fraction of sp³-hybridized carbons (Fsp3) is 0.222. The molecule has 0 atom stereocenters. The van der Waals surface area contributed by atoms with Crippen molar-refractivity contribution < 1.29 is 18.4 Å². The summed E-state index contributed by atoms with van der Waals surface area (Å²) in [6.07, 6.45) is 8.17. The number of hydrogen-bond acceptors (Lipinski definition) is 8. The maximum Gasteiger partial charge on any atom is 0.227 e. The second-order valence-electron chi connectivity index (χ2n) is 11.4. The van der Waals surface area contributed by atoms with E-state index in [0.29, 0.717) is 41.6 Å². The van der Waals surface area contributed by atoms with E-state index in [2.05, 4.69) is 57.5 Å². The number of aromatic nitrogens is 4. The van der Waals surface area contributed by atoms with Crippen LogP contribution in [0.25, 0.3) is 11.5 Å². The fourth-order valence-corrected chi connectivity index (χ4v) is 5.15. The molecule has 44 heavy (non-hydrogen) atoms. The van der Waals surface area contributed by atoms with E-state index in [1.165, 1.54) is 6.39 Å². The smallest absolute Gasteiger partial charge is 0.227 e. The van der Waals surface area contributed by atoms with Gasteiger partial charge in [-0.15, -0.1) is 0 Å². The SMILES string of the molecule is CC1(C)CC(=O)c2ccc(C#Cc3cnco3)nc2C1.O=C1CCCc2nc(C#Cc3cnc(-c4ccccc4)o3)ccc21. The monoisotopic (exact) mass is 580 g/mol. The summed E-state index contributed by atoms with van der Waals surface area (Å²) in [6.45, 7) is 4.17. The Kier molecular flexibility index (Phi) is 7.99. The highest BCUT2D eigenvalue weighted by Crippen LogP contribution is 2.33. The van der Waals surface area contributed by atoms with E-state index >= 15 is 0 Å². The number of aryl methyl sites for hydroxylation is 1. The summed E-state index contributed by atoms with van der Waals surface area (Å²) in [7, 11) is 0. The van der Waals surface area contributed by atoms with E-state index < -0.39 is 0 Å². The zero-order valence-corrected chi connectivity index (χ0v) is 24.4. The van der Waals surface area contributed by atoms with Crippen LogP contribution in [0.3, 0.4) is 0 Å². The largest absolute Gasteiger partial charge is 0.435 e. The molecule has 0 amide bonds. The van der Waals surface area contributed by atoms with Crippen molar-refractivity contribution in [3.05, 3.63) is 119 Å². The van der Waals surface area contributed by atoms with Crippen LogP contribution < -0.4 is 0 Å². The van der Waals surface area contributed by atoms with Crippen molar-refractivity contribution in [3.8, 4) is 35.1 Å². The molecule has 4 aromatic heterocycles. The predicted molar refractivity (Wildman–Crippen MR) is 163 cm³/mol. The van der Waals surface area contributed by atoms with Gasteiger partial charge in [-0.1, -0.05) is 32.0 Å². The molecule has 0 unspecified atom stereocenters. The van der Waals surface area contributed by atoms with Gasteiger partial charge in [-0.2, -0.15) is 0 Å². The van der Waals surface area contributed by atoms with Crippen LogP contribution in [-0.2, 0) is 12.8 Å². The third-order valence-electron chi connectivity index (χ3n) is 7.24. The van der Waals surface area contributed by atoms with E-state index in [9.17, 15) is 9.59 Å². The van der Waals surface area contributed by atoms with Gasteiger partial charge in [-0.05, 0) is 84.8 Å². The Morgan fingerprint density at radius 1 is 0.727 bits per heavy atom. The minimum absolute atomic E-state index is 0.0337. The van der Waals surface area contributed by atoms with Gasteiger partial charge in [0.05, 0.1) is 23.8 Å². The molecule has 0 bridgehead atoms. The van der Waals surface area contributed by atoms with Gasteiger partial charge in [-0.3, -0.25) is 9.59 Å². The maximum absolute atomic E-state index is 12.1. The molecule has 8 nitrogen and oxygen atoms in total. The molecule has 4 heterocycles. The highest BCUT2D eigenvalue weighted by molar-refractivity contribution is 5.99. The van der Waals surface area contributed by atoms with E-state index in [-0.39, 0.29) is 17.0 Å². The van der Waals surface area contributed by atoms with E-state index in [4.69, 9.17) is 8.83 Å². The van der Waals surface area contributed by atoms with Gasteiger partial charge in [0, 0.05) is 29.5 Å². The third kappa shape index (κ3) is 6.72. The molecule has 0 radical (unpaired) electrons. The molecule has 1 aromatic carbocycles. The quantitative estimate of drug-likeness (QED) is 0.213. The Morgan fingerprint density at radius 2 is 1.43 bits per heavy atom. The molecular formula is C36H28N4O4. The van der Waals surface area contributed by atoms with Gasteiger partial charge in [-0.25, -0.2) is 19.9 Å². The number of hydrogen-bond donors (Lipinski definition) is 0. The summed E-state index contributed by atoms with van der Waals surface area (Å²) >= 11 is 0. The molecule has 0 saturated heterocycles. The van der Waals surface area contributed by atoms with E-state index in [1.54, 1.807) is 24.5 Å². The number of Topliss-reactive ketones (excluding diaryl/α,β-unsaturated/α-hetero) is 2. The van der Waals surface area contributed by atoms with Crippen molar-refractivity contribution in [3.63, 3.8) is 0 Å². The summed E-state index contributed by atoms with van der Waals surface area (Å²) in [5, 5.41) is 0. The standard InChI is InChI=1S/C20H14N2O2.C16H14N2O2/c23-19-8-4-7-18-17(19)12-10-15(22-18)9-11-16-13-21-20(24-16)14-5-2-1-3-6-14;1-16(2)7-14-13(15(19)8-16)6-4-11(18-14)3-5-12-9-17-10-20-12/h1-3,5-6,10,12-13H,4,7-8H2;4,6,9-10H,7-8H2,1-2H3. The minimum Gasteiger partial charge on any atom is -0.435 e. The Morgan fingerprint density at radius 3 is 2.16 bits per heavy atom. The van der Waals surface area contributed by atoms with Crippen LogP contribution in [0.1, 0.15) is 88.1 Å². The average molecular weight is 581 g/mol. The number of pyridine rings is 2. The predicted octanol–water partition coefficient (Wildman–Crippen LogP) is 6.28. The summed E-state index contributed by atoms with van der Waals surface area (Å²) in [6, 6.07) is 16.9. The van der Waals surface area contributed by atoms with Crippen molar-refractivity contribution >= 4 is 11.6 Å². The Bertz CT molecular complexity index is 1970. The van der Waals surface area contributed by atoms with Gasteiger partial charge >= 0.3 is 0 Å². The number of nitrogens with zero attached hydrogens (tertiary/aromatic N) is 4. The zero-order chi connectivity index (χ0) is 30.5. The van der Waals surface area contributed by atoms with Gasteiger partial charge in [0.15, 0.2) is 29.5 Å². The van der Waals surface area contributed by atoms with Crippen molar-refractivity contribution in [2.24, 2.45) is 5.41 Å². The van der Waals surface area contributed by atoms with Gasteiger partial charge in [0.1, 0.15) is 11.4 Å². The summed E-state index contributed by atoms with van der Waals surface area (Å²) < 4.78 is 10.7. The van der Waals surface area contributed by atoms with Crippen LogP contribution in [0, 0.1) is 29.1 Å². The second-order valence-corrected chi connectivity index (χ2v) is 11.4. The van der Waals surface area contributed by atoms with Crippen molar-refractivity contribution in [2.75, 3.05) is 0 Å². The number of carbonyl (C=O) groups excluding carboxylic acids is 2. The number of fused-ring (bicyclic) bond motifs is 2. The lowest BCUT2D eigenvalue weighted by Crippen LogP contribution is -2.28. The van der Waals surface area contributed by atoms with Gasteiger partial charge < -0.3 is 8.83 Å². The lowest BCUT2D eigenvalue weighted by Gasteiger charge is -2.29. The molecule has 0 N–H and O–H groups in total. The summed E-state index contributed by atoms with van der Waals surface area (Å²) in [5.74, 6) is 13.6. The van der Waals surface area contributed by atoms with Crippen LogP contribution >= 0.6 is 0 Å². The van der Waals surface area contributed by atoms with Crippen molar-refractivity contribution in [1.29, 1.82) is 0 Å². The van der Waals surface area contributed by atoms with Crippen molar-refractivity contribution in [2.45, 2.75) is 46.0 Å². The zero-order valence-electron chi connectivity index (χ0n) is 24.4. The number of benzene rings is 1. The minimum atomic E-state index is -0.0337. The van der Waals surface area contributed by atoms with Crippen LogP contribution in [0.4, 0.5) is 0 Å². The normalized spacial score (nSPS) is 14.5. The fourth-order valence-electron chi connectivity index (χ4n) is 5.15. The average Bonchev–Trinajstić information content (AvgIpc) is 3.72. The lowest BCUT2D eigenvalue weighted by atomic mass is 9.75. The molecule has 0 spiro atoms. The number of ketones is 2. The topological polar surface area (TPSA) is 112 Å². The number of oxazole rings is 2. The number of carbonyl (C=O) groups is 2. The molecule has 0 aliphatic heterocycles. The first-order valence-corrected chi connectivity index (χ1v) is 14.3. The lowest BCUT2D eigenvalue weighted by molar-refractivity contribution is 0.0909. The maximum atomic E-state index is 12.1. The Hall–Kier alpha value is -5.60. The highest BCUT2D eigenvalue weighted by Gasteiger charge is 2.31. The van der Waals surface area contributed by atoms with E-state index in [1.807, 2.05) is 42.5 Å². The van der Waals surface area contributed by atoms with Crippen LogP contribution in [-0.4, -0.2) is 31.5 Å². The summed E-state index contributed by atoms with van der Waals surface area (Å²) in [5.41, 5.74) is 5.32. The van der Waals surface area contributed by atoms with Crippen LogP contribution in [0.5, 0.6) is 0 Å². The Balaban J connectivity index is 0.000000159. The van der Waals surface area contributed by atoms with Gasteiger partial charge in [0.25, 0.3) is 0 Å². The Labute approximate surface area is 255 Å². The third-order valence-corrected chi connectivity index (χ3v) is 7.24.